The third-order valence-corrected chi connectivity index (χ3v) is 7.38. The number of nitrogens with zero attached hydrogens (tertiary/aromatic N) is 4. The van der Waals surface area contributed by atoms with Crippen molar-refractivity contribution in [2.45, 2.75) is 31.9 Å². The van der Waals surface area contributed by atoms with Crippen molar-refractivity contribution in [1.29, 1.82) is 0 Å². The summed E-state index contributed by atoms with van der Waals surface area (Å²) in [5.41, 5.74) is 3.77. The van der Waals surface area contributed by atoms with E-state index < -0.39 is 0 Å². The minimum Gasteiger partial charge on any atom is -0.377 e. The highest BCUT2D eigenvalue weighted by molar-refractivity contribution is 6.44. The number of aromatic nitrogens is 3. The van der Waals surface area contributed by atoms with Crippen LogP contribution in [0.15, 0.2) is 30.5 Å². The number of nitrogens with one attached hydrogen (secondary N) is 1. The van der Waals surface area contributed by atoms with Gasteiger partial charge in [0.2, 0.25) is 0 Å². The lowest BCUT2D eigenvalue weighted by atomic mass is 10.1. The number of carbonyl (C=O) groups is 1. The molecule has 3 aromatic rings. The van der Waals surface area contributed by atoms with Crippen LogP contribution in [0, 0.1) is 0 Å². The fourth-order valence-corrected chi connectivity index (χ4v) is 4.85. The number of pyridine rings is 1. The van der Waals surface area contributed by atoms with Crippen LogP contribution < -0.4 is 5.32 Å². The molecule has 0 atom stereocenters. The SMILES string of the molecule is Cn1c(C(=O)Nc2cccc(-c3ccnc(Cl)c3Cl)c2Cl)nc2c1CCN(CCOC1CC1)C2. The van der Waals surface area contributed by atoms with E-state index in [0.717, 1.165) is 37.5 Å². The van der Waals surface area contributed by atoms with E-state index in [-0.39, 0.29) is 11.1 Å². The van der Waals surface area contributed by atoms with Crippen LogP contribution in [-0.4, -0.2) is 51.1 Å². The number of halogens is 3. The van der Waals surface area contributed by atoms with Crippen molar-refractivity contribution in [2.75, 3.05) is 25.0 Å². The number of anilines is 1. The minimum absolute atomic E-state index is 0.191. The minimum atomic E-state index is -0.321. The van der Waals surface area contributed by atoms with E-state index in [9.17, 15) is 4.79 Å². The van der Waals surface area contributed by atoms with Crippen molar-refractivity contribution in [3.05, 3.63) is 62.9 Å². The Hall–Kier alpha value is -2.16. The average Bonchev–Trinajstić information content (AvgIpc) is 3.59. The molecule has 1 aliphatic heterocycles. The van der Waals surface area contributed by atoms with Gasteiger partial charge in [0.15, 0.2) is 5.82 Å². The third-order valence-electron chi connectivity index (χ3n) is 6.21. The van der Waals surface area contributed by atoms with E-state index >= 15 is 0 Å². The maximum Gasteiger partial charge on any atom is 0.291 e. The molecule has 1 aromatic carbocycles. The predicted octanol–water partition coefficient (Wildman–Crippen LogP) is 5.23. The van der Waals surface area contributed by atoms with Crippen LogP contribution in [0.2, 0.25) is 15.2 Å². The van der Waals surface area contributed by atoms with Gasteiger partial charge in [-0.2, -0.15) is 0 Å². The average molecular weight is 521 g/mol. The van der Waals surface area contributed by atoms with Crippen LogP contribution in [0.1, 0.15) is 34.8 Å². The van der Waals surface area contributed by atoms with Crippen LogP contribution in [0.25, 0.3) is 11.1 Å². The molecule has 0 unspecified atom stereocenters. The molecule has 5 rings (SSSR count). The van der Waals surface area contributed by atoms with Crippen LogP contribution in [0.3, 0.4) is 0 Å². The van der Waals surface area contributed by atoms with Crippen LogP contribution in [0.4, 0.5) is 5.69 Å². The van der Waals surface area contributed by atoms with Gasteiger partial charge in [-0.1, -0.05) is 46.9 Å². The molecule has 1 N–H and O–H groups in total. The zero-order chi connectivity index (χ0) is 23.8. The van der Waals surface area contributed by atoms with Crippen molar-refractivity contribution in [2.24, 2.45) is 7.05 Å². The topological polar surface area (TPSA) is 72.3 Å². The summed E-state index contributed by atoms with van der Waals surface area (Å²) in [4.78, 5) is 24.1. The van der Waals surface area contributed by atoms with Gasteiger partial charge in [0, 0.05) is 56.1 Å². The molecule has 0 saturated heterocycles. The Bertz CT molecular complexity index is 1240. The molecule has 0 bridgehead atoms. The Balaban J connectivity index is 1.32. The van der Waals surface area contributed by atoms with Crippen molar-refractivity contribution >= 4 is 46.4 Å². The lowest BCUT2D eigenvalue weighted by Crippen LogP contribution is -2.34. The second-order valence-electron chi connectivity index (χ2n) is 8.57. The molecular formula is C24H24Cl3N5O2. The largest absolute Gasteiger partial charge is 0.377 e. The van der Waals surface area contributed by atoms with E-state index in [1.165, 1.54) is 12.8 Å². The summed E-state index contributed by atoms with van der Waals surface area (Å²) in [6, 6.07) is 7.09. The van der Waals surface area contributed by atoms with Crippen LogP contribution >= 0.6 is 34.8 Å². The smallest absolute Gasteiger partial charge is 0.291 e. The molecule has 1 amide bonds. The van der Waals surface area contributed by atoms with Crippen molar-refractivity contribution < 1.29 is 9.53 Å². The van der Waals surface area contributed by atoms with Gasteiger partial charge in [0.1, 0.15) is 5.15 Å². The lowest BCUT2D eigenvalue weighted by Gasteiger charge is -2.26. The first kappa shape index (κ1) is 23.6. The number of amides is 1. The van der Waals surface area contributed by atoms with Crippen molar-refractivity contribution in [3.63, 3.8) is 0 Å². The number of rotatable bonds is 7. The van der Waals surface area contributed by atoms with Gasteiger partial charge in [0.05, 0.1) is 34.1 Å². The third kappa shape index (κ3) is 4.81. The van der Waals surface area contributed by atoms with Crippen LogP contribution in [-0.2, 0) is 24.8 Å². The Labute approximate surface area is 213 Å². The molecule has 1 saturated carbocycles. The fraction of sp³-hybridized carbons (Fsp3) is 0.375. The first-order valence-corrected chi connectivity index (χ1v) is 12.3. The summed E-state index contributed by atoms with van der Waals surface area (Å²) in [7, 11) is 1.88. The standard InChI is InChI=1S/C24H24Cl3N5O2/c1-31-19-8-10-32(11-12-34-14-5-6-14)13-18(19)29-23(31)24(33)30-17-4-2-3-15(20(17)25)16-7-9-28-22(27)21(16)26/h2-4,7,9,14H,5-6,8,10-13H2,1H3,(H,30,33). The van der Waals surface area contributed by atoms with Gasteiger partial charge >= 0.3 is 0 Å². The van der Waals surface area contributed by atoms with Gasteiger partial charge < -0.3 is 14.6 Å². The fourth-order valence-electron chi connectivity index (χ4n) is 4.20. The maximum absolute atomic E-state index is 13.2. The molecule has 2 aromatic heterocycles. The Morgan fingerprint density at radius 3 is 2.76 bits per heavy atom. The first-order chi connectivity index (χ1) is 16.4. The number of carbonyl (C=O) groups excluding carboxylic acids is 1. The van der Waals surface area contributed by atoms with Gasteiger partial charge in [-0.05, 0) is 25.0 Å². The van der Waals surface area contributed by atoms with E-state index in [0.29, 0.717) is 45.3 Å². The first-order valence-electron chi connectivity index (χ1n) is 11.2. The zero-order valence-corrected chi connectivity index (χ0v) is 20.9. The number of hydrogen-bond donors (Lipinski definition) is 1. The molecule has 0 radical (unpaired) electrons. The van der Waals surface area contributed by atoms with Crippen LogP contribution in [0.5, 0.6) is 0 Å². The predicted molar refractivity (Wildman–Crippen MR) is 134 cm³/mol. The van der Waals surface area contributed by atoms with E-state index in [2.05, 4.69) is 20.2 Å². The van der Waals surface area contributed by atoms with Gasteiger partial charge in [-0.15, -0.1) is 0 Å². The summed E-state index contributed by atoms with van der Waals surface area (Å²) >= 11 is 19.0. The molecule has 1 aliphatic carbocycles. The highest BCUT2D eigenvalue weighted by Crippen LogP contribution is 2.39. The number of ether oxygens (including phenoxy) is 1. The van der Waals surface area contributed by atoms with E-state index in [1.54, 1.807) is 24.4 Å². The number of hydrogen-bond acceptors (Lipinski definition) is 5. The van der Waals surface area contributed by atoms with Gasteiger partial charge in [0.25, 0.3) is 5.91 Å². The second-order valence-corrected chi connectivity index (χ2v) is 9.68. The summed E-state index contributed by atoms with van der Waals surface area (Å²) < 4.78 is 7.66. The second kappa shape index (κ2) is 9.84. The van der Waals surface area contributed by atoms with Crippen molar-refractivity contribution in [1.82, 2.24) is 19.4 Å². The highest BCUT2D eigenvalue weighted by Gasteiger charge is 2.27. The zero-order valence-electron chi connectivity index (χ0n) is 18.7. The molecular weight excluding hydrogens is 497 g/mol. The normalized spacial score (nSPS) is 15.9. The summed E-state index contributed by atoms with van der Waals surface area (Å²) in [6.45, 7) is 3.24. The summed E-state index contributed by atoms with van der Waals surface area (Å²) in [5, 5.41) is 3.76. The van der Waals surface area contributed by atoms with E-state index in [4.69, 9.17) is 39.5 Å². The quantitative estimate of drug-likeness (QED) is 0.432. The molecule has 34 heavy (non-hydrogen) atoms. The Morgan fingerprint density at radius 2 is 1.97 bits per heavy atom. The number of imidazole rings is 1. The molecule has 10 heteroatoms. The molecule has 7 nitrogen and oxygen atoms in total. The Morgan fingerprint density at radius 1 is 1.18 bits per heavy atom. The summed E-state index contributed by atoms with van der Waals surface area (Å²) in [6.07, 6.45) is 5.22. The van der Waals surface area contributed by atoms with Crippen molar-refractivity contribution in [3.8, 4) is 11.1 Å². The van der Waals surface area contributed by atoms with E-state index in [1.807, 2.05) is 17.7 Å². The molecule has 2 aliphatic rings. The summed E-state index contributed by atoms with van der Waals surface area (Å²) in [5.74, 6) is 0.0333. The van der Waals surface area contributed by atoms with Gasteiger partial charge in [-0.3, -0.25) is 9.69 Å². The number of benzene rings is 1. The van der Waals surface area contributed by atoms with Gasteiger partial charge in [-0.25, -0.2) is 9.97 Å². The molecule has 0 spiro atoms. The Kier molecular flexibility index (Phi) is 6.82. The number of fused-ring (bicyclic) bond motifs is 1. The highest BCUT2D eigenvalue weighted by atomic mass is 35.5. The molecule has 3 heterocycles. The maximum atomic E-state index is 13.2. The lowest BCUT2D eigenvalue weighted by molar-refractivity contribution is 0.0871. The monoisotopic (exact) mass is 519 g/mol. The molecule has 1 fully saturated rings. The molecule has 178 valence electrons.